The van der Waals surface area contributed by atoms with E-state index in [0.717, 1.165) is 57.8 Å². The van der Waals surface area contributed by atoms with Gasteiger partial charge in [0.25, 0.3) is 0 Å². The highest BCUT2D eigenvalue weighted by atomic mass is 16.6. The summed E-state index contributed by atoms with van der Waals surface area (Å²) < 4.78 is 16.7. The lowest BCUT2D eigenvalue weighted by atomic mass is 10.0. The lowest BCUT2D eigenvalue weighted by Crippen LogP contribution is -2.30. The van der Waals surface area contributed by atoms with E-state index >= 15 is 0 Å². The Balaban J connectivity index is 4.31. The molecule has 6 heteroatoms. The third-order valence-corrected chi connectivity index (χ3v) is 10.5. The molecule has 0 bridgehead atoms. The highest BCUT2D eigenvalue weighted by Gasteiger charge is 2.19. The van der Waals surface area contributed by atoms with Gasteiger partial charge in [-0.05, 0) is 38.5 Å². The lowest BCUT2D eigenvalue weighted by molar-refractivity contribution is -0.167. The van der Waals surface area contributed by atoms with Crippen LogP contribution in [0.1, 0.15) is 258 Å². The summed E-state index contributed by atoms with van der Waals surface area (Å²) in [4.78, 5) is 37.7. The molecule has 0 aromatic carbocycles. The van der Waals surface area contributed by atoms with E-state index in [0.29, 0.717) is 19.3 Å². The molecule has 0 aliphatic heterocycles. The second kappa shape index (κ2) is 43.9. The van der Waals surface area contributed by atoms with Gasteiger partial charge in [0.2, 0.25) is 0 Å². The van der Waals surface area contributed by atoms with Crippen LogP contribution in [0.25, 0.3) is 0 Å². The molecule has 0 heterocycles. The number of unbranched alkanes of at least 4 members (excludes halogenated alkanes) is 30. The summed E-state index contributed by atoms with van der Waals surface area (Å²) in [7, 11) is 0. The van der Waals surface area contributed by atoms with Crippen molar-refractivity contribution in [3.05, 3.63) is 12.2 Å². The third-order valence-electron chi connectivity index (χ3n) is 10.5. The first kappa shape index (κ1) is 52.2. The summed E-state index contributed by atoms with van der Waals surface area (Å²) in [5, 5.41) is 0. The number of carbonyl (C=O) groups is 3. The fraction of sp³-hybridized carbons (Fsp3) is 0.896. The zero-order valence-electron chi connectivity index (χ0n) is 36.3. The van der Waals surface area contributed by atoms with Gasteiger partial charge in [-0.3, -0.25) is 14.4 Å². The van der Waals surface area contributed by atoms with E-state index < -0.39 is 6.10 Å². The van der Waals surface area contributed by atoms with Crippen molar-refractivity contribution in [1.29, 1.82) is 0 Å². The Morgan fingerprint density at radius 1 is 0.352 bits per heavy atom. The molecule has 0 aliphatic carbocycles. The van der Waals surface area contributed by atoms with Crippen molar-refractivity contribution >= 4 is 17.9 Å². The van der Waals surface area contributed by atoms with Crippen LogP contribution in [0.5, 0.6) is 0 Å². The van der Waals surface area contributed by atoms with Crippen LogP contribution in [0.2, 0.25) is 0 Å². The molecule has 0 saturated heterocycles. The first-order chi connectivity index (χ1) is 26.5. The minimum atomic E-state index is -0.771. The van der Waals surface area contributed by atoms with Crippen molar-refractivity contribution in [1.82, 2.24) is 0 Å². The van der Waals surface area contributed by atoms with Crippen molar-refractivity contribution in [2.75, 3.05) is 13.2 Å². The number of hydrogen-bond donors (Lipinski definition) is 0. The topological polar surface area (TPSA) is 78.9 Å². The molecular weight excluding hydrogens is 673 g/mol. The number of ether oxygens (including phenoxy) is 3. The Labute approximate surface area is 335 Å². The zero-order chi connectivity index (χ0) is 39.4. The van der Waals surface area contributed by atoms with Gasteiger partial charge in [-0.15, -0.1) is 0 Å². The van der Waals surface area contributed by atoms with Crippen molar-refractivity contribution < 1.29 is 28.6 Å². The van der Waals surface area contributed by atoms with Crippen LogP contribution in [0, 0.1) is 0 Å². The molecule has 0 aromatic heterocycles. The van der Waals surface area contributed by atoms with Gasteiger partial charge in [0.05, 0.1) is 0 Å². The Hall–Kier alpha value is -1.85. The van der Waals surface area contributed by atoms with E-state index in [4.69, 9.17) is 14.2 Å². The molecule has 0 amide bonds. The van der Waals surface area contributed by atoms with Crippen LogP contribution >= 0.6 is 0 Å². The standard InChI is InChI=1S/C48H90O6/c1-4-7-10-13-16-19-21-23-24-25-27-29-32-35-38-41-47(50)53-44-45(43-52-46(49)40-37-34-31-28-18-15-12-9-6-3)54-48(51)42-39-36-33-30-26-22-20-17-14-11-8-5-2/h28,31,45H,4-27,29-30,32-44H2,1-3H3/b31-28-. The number of rotatable bonds is 43. The van der Waals surface area contributed by atoms with Crippen molar-refractivity contribution in [3.8, 4) is 0 Å². The van der Waals surface area contributed by atoms with E-state index in [1.54, 1.807) is 0 Å². The quantitative estimate of drug-likeness (QED) is 0.0266. The fourth-order valence-corrected chi connectivity index (χ4v) is 6.92. The van der Waals surface area contributed by atoms with Gasteiger partial charge in [-0.1, -0.05) is 213 Å². The highest BCUT2D eigenvalue weighted by Crippen LogP contribution is 2.16. The molecule has 0 fully saturated rings. The normalized spacial score (nSPS) is 12.0. The lowest BCUT2D eigenvalue weighted by Gasteiger charge is -2.18. The summed E-state index contributed by atoms with van der Waals surface area (Å²) in [6, 6.07) is 0. The smallest absolute Gasteiger partial charge is 0.306 e. The summed E-state index contributed by atoms with van der Waals surface area (Å²) in [6.45, 7) is 6.59. The Morgan fingerprint density at radius 3 is 1.00 bits per heavy atom. The molecule has 1 atom stereocenters. The fourth-order valence-electron chi connectivity index (χ4n) is 6.92. The predicted molar refractivity (Wildman–Crippen MR) is 229 cm³/mol. The van der Waals surface area contributed by atoms with Crippen LogP contribution in [0.15, 0.2) is 12.2 Å². The van der Waals surface area contributed by atoms with Crippen LogP contribution in [-0.2, 0) is 28.6 Å². The SMILES string of the molecule is CCCCCC/C=C\CCCC(=O)OCC(COC(=O)CCCCCCCCCCCCCCCCC)OC(=O)CCCCCCCCCCCCCC. The van der Waals surface area contributed by atoms with E-state index in [1.165, 1.54) is 161 Å². The number of esters is 3. The van der Waals surface area contributed by atoms with E-state index in [2.05, 4.69) is 32.9 Å². The number of hydrogen-bond acceptors (Lipinski definition) is 6. The Bertz CT molecular complexity index is 839. The predicted octanol–water partition coefficient (Wildman–Crippen LogP) is 15.0. The molecule has 0 radical (unpaired) electrons. The monoisotopic (exact) mass is 763 g/mol. The van der Waals surface area contributed by atoms with Gasteiger partial charge >= 0.3 is 17.9 Å². The van der Waals surface area contributed by atoms with Crippen LogP contribution in [0.3, 0.4) is 0 Å². The Morgan fingerprint density at radius 2 is 0.630 bits per heavy atom. The maximum Gasteiger partial charge on any atom is 0.306 e. The molecule has 318 valence electrons. The van der Waals surface area contributed by atoms with Crippen LogP contribution in [0.4, 0.5) is 0 Å². The molecule has 0 rings (SSSR count). The minimum Gasteiger partial charge on any atom is -0.462 e. The average molecular weight is 763 g/mol. The van der Waals surface area contributed by atoms with Gasteiger partial charge < -0.3 is 14.2 Å². The average Bonchev–Trinajstić information content (AvgIpc) is 3.17. The highest BCUT2D eigenvalue weighted by molar-refractivity contribution is 5.71. The molecule has 6 nitrogen and oxygen atoms in total. The van der Waals surface area contributed by atoms with Crippen molar-refractivity contribution in [2.24, 2.45) is 0 Å². The van der Waals surface area contributed by atoms with Crippen molar-refractivity contribution in [3.63, 3.8) is 0 Å². The first-order valence-corrected chi connectivity index (χ1v) is 23.7. The number of allylic oxidation sites excluding steroid dienone is 2. The van der Waals surface area contributed by atoms with E-state index in [9.17, 15) is 14.4 Å². The van der Waals surface area contributed by atoms with Crippen molar-refractivity contribution in [2.45, 2.75) is 264 Å². The molecule has 0 aliphatic rings. The molecule has 0 spiro atoms. The maximum absolute atomic E-state index is 12.7. The first-order valence-electron chi connectivity index (χ1n) is 23.7. The Kier molecular flexibility index (Phi) is 42.4. The molecular formula is C48H90O6. The van der Waals surface area contributed by atoms with Gasteiger partial charge in [0.1, 0.15) is 13.2 Å². The van der Waals surface area contributed by atoms with Crippen LogP contribution < -0.4 is 0 Å². The molecule has 0 saturated carbocycles. The van der Waals surface area contributed by atoms with Gasteiger partial charge in [-0.2, -0.15) is 0 Å². The van der Waals surface area contributed by atoms with Gasteiger partial charge in [0.15, 0.2) is 6.10 Å². The minimum absolute atomic E-state index is 0.0736. The summed E-state index contributed by atoms with van der Waals surface area (Å²) >= 11 is 0. The van der Waals surface area contributed by atoms with Gasteiger partial charge in [0, 0.05) is 19.3 Å². The maximum atomic E-state index is 12.7. The van der Waals surface area contributed by atoms with E-state index in [1.807, 2.05) is 0 Å². The second-order valence-corrected chi connectivity index (χ2v) is 16.0. The van der Waals surface area contributed by atoms with E-state index in [-0.39, 0.29) is 31.1 Å². The summed E-state index contributed by atoms with van der Waals surface area (Å²) in [6.07, 6.45) is 46.3. The molecule has 1 unspecified atom stereocenters. The van der Waals surface area contributed by atoms with Gasteiger partial charge in [-0.25, -0.2) is 0 Å². The second-order valence-electron chi connectivity index (χ2n) is 16.0. The zero-order valence-corrected chi connectivity index (χ0v) is 36.3. The summed E-state index contributed by atoms with van der Waals surface area (Å²) in [5.41, 5.74) is 0. The largest absolute Gasteiger partial charge is 0.462 e. The molecule has 0 aromatic rings. The number of carbonyl (C=O) groups excluding carboxylic acids is 3. The molecule has 54 heavy (non-hydrogen) atoms. The summed E-state index contributed by atoms with van der Waals surface area (Å²) in [5.74, 6) is -0.900. The molecule has 0 N–H and O–H groups in total. The third kappa shape index (κ3) is 41.3. The van der Waals surface area contributed by atoms with Crippen LogP contribution in [-0.4, -0.2) is 37.2 Å².